The van der Waals surface area contributed by atoms with Crippen LogP contribution >= 0.6 is 0 Å². The number of benzene rings is 1. The molecule has 1 fully saturated rings. The molecule has 3 heterocycles. The highest BCUT2D eigenvalue weighted by Gasteiger charge is 2.26. The summed E-state index contributed by atoms with van der Waals surface area (Å²) in [6.45, 7) is 2.24. The van der Waals surface area contributed by atoms with E-state index in [-0.39, 0.29) is 12.0 Å². The summed E-state index contributed by atoms with van der Waals surface area (Å²) in [5.74, 6) is 0.941. The minimum atomic E-state index is -0.236. The second kappa shape index (κ2) is 9.61. The number of ether oxygens (including phenoxy) is 2. The minimum Gasteiger partial charge on any atom is -0.497 e. The van der Waals surface area contributed by atoms with Crippen LogP contribution in [0.5, 0.6) is 5.75 Å². The molecule has 3 aromatic rings. The highest BCUT2D eigenvalue weighted by atomic mass is 16.5. The number of H-pyrrole nitrogens is 1. The van der Waals surface area contributed by atoms with Crippen LogP contribution in [0.1, 0.15) is 18.2 Å². The fourth-order valence-corrected chi connectivity index (χ4v) is 3.62. The van der Waals surface area contributed by atoms with Crippen LogP contribution in [0.3, 0.4) is 0 Å². The molecule has 1 N–H and O–H groups in total. The Balaban J connectivity index is 1.35. The van der Waals surface area contributed by atoms with E-state index in [9.17, 15) is 4.79 Å². The molecular weight excluding hydrogens is 394 g/mol. The first-order valence-electron chi connectivity index (χ1n) is 10.4. The summed E-state index contributed by atoms with van der Waals surface area (Å²) in [5, 5.41) is 6.91. The smallest absolute Gasteiger partial charge is 0.224 e. The Morgan fingerprint density at radius 3 is 2.84 bits per heavy atom. The molecule has 162 valence electrons. The Hall–Kier alpha value is -3.39. The van der Waals surface area contributed by atoms with Crippen LogP contribution < -0.4 is 9.64 Å². The number of amides is 1. The maximum absolute atomic E-state index is 12.9. The SMILES string of the molecule is COc1ccc(N(C)CCC(=O)N2CCO[C@@H](c3cccc(-c4ccn[nH]4)n3)C2)cc1. The summed E-state index contributed by atoms with van der Waals surface area (Å²) in [4.78, 5) is 21.5. The predicted octanol–water partition coefficient (Wildman–Crippen LogP) is 2.91. The van der Waals surface area contributed by atoms with Gasteiger partial charge in [-0.2, -0.15) is 5.10 Å². The predicted molar refractivity (Wildman–Crippen MR) is 118 cm³/mol. The average Bonchev–Trinajstić information content (AvgIpc) is 3.38. The van der Waals surface area contributed by atoms with Gasteiger partial charge in [-0.15, -0.1) is 0 Å². The molecule has 1 aliphatic rings. The van der Waals surface area contributed by atoms with Crippen molar-refractivity contribution in [2.24, 2.45) is 0 Å². The zero-order valence-electron chi connectivity index (χ0n) is 17.8. The monoisotopic (exact) mass is 421 g/mol. The Morgan fingerprint density at radius 1 is 1.26 bits per heavy atom. The fraction of sp³-hybridized carbons (Fsp3) is 0.348. The van der Waals surface area contributed by atoms with Crippen LogP contribution in [0.2, 0.25) is 0 Å². The van der Waals surface area contributed by atoms with Crippen LogP contribution in [0.4, 0.5) is 5.69 Å². The number of nitrogens with zero attached hydrogens (tertiary/aromatic N) is 4. The van der Waals surface area contributed by atoms with Gasteiger partial charge in [-0.3, -0.25) is 9.89 Å². The maximum atomic E-state index is 12.9. The molecule has 1 aliphatic heterocycles. The molecule has 2 aromatic heterocycles. The standard InChI is InChI=1S/C23H27N5O3/c1-27(17-6-8-18(30-2)9-7-17)13-11-23(29)28-14-15-31-22(16-28)21-5-3-4-19(25-21)20-10-12-24-26-20/h3-10,12,22H,11,13-16H2,1-2H3,(H,24,26)/t22-/m1/s1. The van der Waals surface area contributed by atoms with E-state index in [4.69, 9.17) is 14.5 Å². The van der Waals surface area contributed by atoms with E-state index < -0.39 is 0 Å². The third-order valence-corrected chi connectivity index (χ3v) is 5.47. The quantitative estimate of drug-likeness (QED) is 0.632. The van der Waals surface area contributed by atoms with Crippen molar-refractivity contribution in [2.75, 3.05) is 45.3 Å². The maximum Gasteiger partial charge on any atom is 0.224 e. The second-order valence-electron chi connectivity index (χ2n) is 7.49. The lowest BCUT2D eigenvalue weighted by atomic mass is 10.1. The van der Waals surface area contributed by atoms with E-state index in [0.29, 0.717) is 32.7 Å². The number of aromatic nitrogens is 3. The van der Waals surface area contributed by atoms with E-state index >= 15 is 0 Å². The molecule has 1 saturated heterocycles. The Kier molecular flexibility index (Phi) is 6.47. The topological polar surface area (TPSA) is 83.6 Å². The highest BCUT2D eigenvalue weighted by molar-refractivity contribution is 5.77. The first kappa shape index (κ1) is 20.9. The summed E-state index contributed by atoms with van der Waals surface area (Å²) in [7, 11) is 3.64. The average molecular weight is 422 g/mol. The molecule has 0 aliphatic carbocycles. The third kappa shape index (κ3) is 5.03. The molecule has 0 unspecified atom stereocenters. The van der Waals surface area contributed by atoms with Crippen molar-refractivity contribution >= 4 is 11.6 Å². The first-order chi connectivity index (χ1) is 15.1. The van der Waals surface area contributed by atoms with Crippen LogP contribution in [-0.2, 0) is 9.53 Å². The number of pyridine rings is 1. The Morgan fingerprint density at radius 2 is 2.10 bits per heavy atom. The molecule has 1 atom stereocenters. The van der Waals surface area contributed by atoms with Gasteiger partial charge in [-0.25, -0.2) is 4.98 Å². The second-order valence-corrected chi connectivity index (χ2v) is 7.49. The van der Waals surface area contributed by atoms with E-state index in [1.54, 1.807) is 13.3 Å². The lowest BCUT2D eigenvalue weighted by Crippen LogP contribution is -2.43. The van der Waals surface area contributed by atoms with Gasteiger partial charge >= 0.3 is 0 Å². The van der Waals surface area contributed by atoms with Gasteiger partial charge in [-0.1, -0.05) is 6.07 Å². The van der Waals surface area contributed by atoms with Crippen molar-refractivity contribution in [3.05, 3.63) is 60.4 Å². The Labute approximate surface area is 181 Å². The van der Waals surface area contributed by atoms with Crippen molar-refractivity contribution in [3.8, 4) is 17.1 Å². The Bertz CT molecular complexity index is 991. The van der Waals surface area contributed by atoms with Crippen LogP contribution in [0.25, 0.3) is 11.4 Å². The number of carbonyl (C=O) groups excluding carboxylic acids is 1. The number of hydrogen-bond donors (Lipinski definition) is 1. The lowest BCUT2D eigenvalue weighted by molar-refractivity contribution is -0.138. The fourth-order valence-electron chi connectivity index (χ4n) is 3.62. The number of methoxy groups -OCH3 is 1. The van der Waals surface area contributed by atoms with Crippen LogP contribution in [0, 0.1) is 0 Å². The summed E-state index contributed by atoms with van der Waals surface area (Å²) in [6.07, 6.45) is 1.90. The zero-order chi connectivity index (χ0) is 21.6. The van der Waals surface area contributed by atoms with Crippen molar-refractivity contribution in [2.45, 2.75) is 12.5 Å². The largest absolute Gasteiger partial charge is 0.497 e. The molecule has 1 amide bonds. The molecule has 8 heteroatoms. The first-order valence-corrected chi connectivity index (χ1v) is 10.4. The summed E-state index contributed by atoms with van der Waals surface area (Å²) < 4.78 is 11.1. The van der Waals surface area contributed by atoms with Gasteiger partial charge in [0.05, 0.1) is 37.3 Å². The molecule has 31 heavy (non-hydrogen) atoms. The van der Waals surface area contributed by atoms with Crippen molar-refractivity contribution in [1.29, 1.82) is 0 Å². The third-order valence-electron chi connectivity index (χ3n) is 5.47. The number of rotatable bonds is 7. The van der Waals surface area contributed by atoms with Gasteiger partial charge in [0.25, 0.3) is 0 Å². The number of nitrogens with one attached hydrogen (secondary N) is 1. The molecule has 1 aromatic carbocycles. The zero-order valence-corrected chi connectivity index (χ0v) is 17.8. The molecule has 8 nitrogen and oxygen atoms in total. The van der Waals surface area contributed by atoms with E-state index in [1.165, 1.54) is 0 Å². The number of carbonyl (C=O) groups is 1. The van der Waals surface area contributed by atoms with Gasteiger partial charge in [0.1, 0.15) is 11.9 Å². The summed E-state index contributed by atoms with van der Waals surface area (Å²) in [6, 6.07) is 15.5. The van der Waals surface area contributed by atoms with Crippen LogP contribution in [0.15, 0.2) is 54.7 Å². The molecular formula is C23H27N5O3. The van der Waals surface area contributed by atoms with E-state index in [2.05, 4.69) is 15.1 Å². The highest BCUT2D eigenvalue weighted by Crippen LogP contribution is 2.24. The number of anilines is 1. The molecule has 0 spiro atoms. The minimum absolute atomic E-state index is 0.124. The van der Waals surface area contributed by atoms with Crippen LogP contribution in [-0.4, -0.2) is 66.4 Å². The number of aromatic amines is 1. The van der Waals surface area contributed by atoms with Crippen molar-refractivity contribution < 1.29 is 14.3 Å². The lowest BCUT2D eigenvalue weighted by Gasteiger charge is -2.33. The molecule has 0 saturated carbocycles. The summed E-state index contributed by atoms with van der Waals surface area (Å²) >= 11 is 0. The van der Waals surface area contributed by atoms with Gasteiger partial charge < -0.3 is 19.3 Å². The van der Waals surface area contributed by atoms with E-state index in [1.807, 2.05) is 60.5 Å². The number of hydrogen-bond acceptors (Lipinski definition) is 6. The van der Waals surface area contributed by atoms with Gasteiger partial charge in [-0.05, 0) is 42.5 Å². The van der Waals surface area contributed by atoms with Crippen molar-refractivity contribution in [1.82, 2.24) is 20.1 Å². The van der Waals surface area contributed by atoms with Gasteiger partial charge in [0, 0.05) is 38.4 Å². The molecule has 4 rings (SSSR count). The number of morpholine rings is 1. The molecule has 0 radical (unpaired) electrons. The van der Waals surface area contributed by atoms with Crippen molar-refractivity contribution in [3.63, 3.8) is 0 Å². The van der Waals surface area contributed by atoms with Gasteiger partial charge in [0.2, 0.25) is 5.91 Å². The van der Waals surface area contributed by atoms with E-state index in [0.717, 1.165) is 28.5 Å². The van der Waals surface area contributed by atoms with Gasteiger partial charge in [0.15, 0.2) is 0 Å². The summed E-state index contributed by atoms with van der Waals surface area (Å²) in [5.41, 5.74) is 3.53. The molecule has 0 bridgehead atoms. The normalized spacial score (nSPS) is 16.2.